The van der Waals surface area contributed by atoms with Gasteiger partial charge in [0.1, 0.15) is 11.8 Å². The van der Waals surface area contributed by atoms with Gasteiger partial charge in [0.05, 0.1) is 18.3 Å². The summed E-state index contributed by atoms with van der Waals surface area (Å²) in [6.07, 6.45) is 0. The number of aliphatic hydroxyl groups excluding tert-OH is 1. The quantitative estimate of drug-likeness (QED) is 0.640. The van der Waals surface area contributed by atoms with Crippen LogP contribution >= 0.6 is 0 Å². The minimum Gasteiger partial charge on any atom is -0.394 e. The highest BCUT2D eigenvalue weighted by atomic mass is 16.3. The summed E-state index contributed by atoms with van der Waals surface area (Å²) in [6.45, 7) is -0.165. The molecule has 1 aromatic heterocycles. The Morgan fingerprint density at radius 3 is 3.00 bits per heavy atom. The summed E-state index contributed by atoms with van der Waals surface area (Å²) in [5, 5.41) is 17.2. The summed E-state index contributed by atoms with van der Waals surface area (Å²) in [7, 11) is 0. The lowest BCUT2D eigenvalue weighted by Crippen LogP contribution is -2.16. The lowest BCUT2D eigenvalue weighted by Gasteiger charge is -2.06. The number of nitrogens with two attached hydrogens (primary N) is 1. The summed E-state index contributed by atoms with van der Waals surface area (Å²) in [6, 6.07) is 6.36. The Balaban J connectivity index is 2.95. The van der Waals surface area contributed by atoms with E-state index in [1.54, 1.807) is 18.2 Å². The van der Waals surface area contributed by atoms with Gasteiger partial charge in [-0.25, -0.2) is 4.98 Å². The molecule has 0 saturated heterocycles. The van der Waals surface area contributed by atoms with Gasteiger partial charge in [0.2, 0.25) is 0 Å². The molecule has 1 atom stereocenters. The van der Waals surface area contributed by atoms with E-state index >= 15 is 0 Å². The third-order valence-corrected chi connectivity index (χ3v) is 1.46. The highest BCUT2D eigenvalue weighted by Gasteiger charge is 2.05. The van der Waals surface area contributed by atoms with Crippen molar-refractivity contribution in [2.45, 2.75) is 6.04 Å². The molecular weight excluding hydrogens is 154 g/mol. The van der Waals surface area contributed by atoms with Crippen LogP contribution in [0.1, 0.15) is 17.4 Å². The maximum absolute atomic E-state index is 8.70. The van der Waals surface area contributed by atoms with E-state index in [1.165, 1.54) is 0 Å². The highest BCUT2D eigenvalue weighted by Crippen LogP contribution is 2.06. The predicted octanol–water partition coefficient (Wildman–Crippen LogP) is -0.0546. The zero-order valence-electron chi connectivity index (χ0n) is 6.44. The molecular formula is C8H9N3O. The Kier molecular flexibility index (Phi) is 2.75. The van der Waals surface area contributed by atoms with Crippen LogP contribution in [0.5, 0.6) is 0 Å². The average molecular weight is 163 g/mol. The van der Waals surface area contributed by atoms with Crippen molar-refractivity contribution in [1.82, 2.24) is 4.98 Å². The maximum Gasteiger partial charge on any atom is 0.140 e. The fraction of sp³-hybridized carbons (Fsp3) is 0.250. The summed E-state index contributed by atoms with van der Waals surface area (Å²) >= 11 is 0. The Morgan fingerprint density at radius 1 is 1.67 bits per heavy atom. The number of nitrogens with zero attached hydrogens (tertiary/aromatic N) is 2. The minimum absolute atomic E-state index is 0.165. The lowest BCUT2D eigenvalue weighted by atomic mass is 10.2. The van der Waals surface area contributed by atoms with E-state index in [4.69, 9.17) is 16.1 Å². The molecule has 0 aliphatic carbocycles. The lowest BCUT2D eigenvalue weighted by molar-refractivity contribution is 0.266. The first-order valence-electron chi connectivity index (χ1n) is 3.51. The molecule has 12 heavy (non-hydrogen) atoms. The van der Waals surface area contributed by atoms with E-state index < -0.39 is 6.04 Å². The number of pyridine rings is 1. The number of aliphatic hydroxyl groups is 1. The Morgan fingerprint density at radius 2 is 2.42 bits per heavy atom. The first kappa shape index (κ1) is 8.65. The van der Waals surface area contributed by atoms with Gasteiger partial charge in [0, 0.05) is 0 Å². The van der Waals surface area contributed by atoms with E-state index in [2.05, 4.69) is 4.98 Å². The van der Waals surface area contributed by atoms with Crippen molar-refractivity contribution in [3.05, 3.63) is 29.6 Å². The number of aromatic nitrogens is 1. The van der Waals surface area contributed by atoms with Crippen LogP contribution in [0.4, 0.5) is 0 Å². The van der Waals surface area contributed by atoms with Gasteiger partial charge in [0.25, 0.3) is 0 Å². The molecule has 0 amide bonds. The van der Waals surface area contributed by atoms with Crippen LogP contribution in [0.25, 0.3) is 0 Å². The molecule has 0 spiro atoms. The molecule has 3 N–H and O–H groups in total. The third kappa shape index (κ3) is 1.78. The number of hydrogen-bond acceptors (Lipinski definition) is 4. The van der Waals surface area contributed by atoms with Gasteiger partial charge in [-0.2, -0.15) is 5.26 Å². The van der Waals surface area contributed by atoms with Gasteiger partial charge in [0.15, 0.2) is 0 Å². The highest BCUT2D eigenvalue weighted by molar-refractivity contribution is 5.23. The normalized spacial score (nSPS) is 12.1. The van der Waals surface area contributed by atoms with Crippen molar-refractivity contribution in [3.8, 4) is 6.07 Å². The van der Waals surface area contributed by atoms with Gasteiger partial charge in [-0.3, -0.25) is 0 Å². The van der Waals surface area contributed by atoms with Crippen molar-refractivity contribution in [2.75, 3.05) is 6.61 Å². The van der Waals surface area contributed by atoms with Gasteiger partial charge in [-0.05, 0) is 12.1 Å². The van der Waals surface area contributed by atoms with E-state index in [0.717, 1.165) is 0 Å². The van der Waals surface area contributed by atoms with Crippen molar-refractivity contribution < 1.29 is 5.11 Å². The first-order chi connectivity index (χ1) is 5.77. The van der Waals surface area contributed by atoms with Crippen molar-refractivity contribution >= 4 is 0 Å². The summed E-state index contributed by atoms with van der Waals surface area (Å²) in [5.74, 6) is 0. The fourth-order valence-electron chi connectivity index (χ4n) is 0.814. The molecule has 0 fully saturated rings. The van der Waals surface area contributed by atoms with Crippen LogP contribution in [0.2, 0.25) is 0 Å². The predicted molar refractivity (Wildman–Crippen MR) is 43.0 cm³/mol. The molecule has 1 heterocycles. The molecule has 0 bridgehead atoms. The second-order valence-electron chi connectivity index (χ2n) is 2.35. The Labute approximate surface area is 70.3 Å². The molecule has 1 unspecified atom stereocenters. The molecule has 1 aromatic rings. The second kappa shape index (κ2) is 3.81. The van der Waals surface area contributed by atoms with E-state index in [0.29, 0.717) is 11.4 Å². The fourth-order valence-corrected chi connectivity index (χ4v) is 0.814. The molecule has 0 aliphatic rings. The second-order valence-corrected chi connectivity index (χ2v) is 2.35. The van der Waals surface area contributed by atoms with Crippen molar-refractivity contribution in [1.29, 1.82) is 5.26 Å². The molecule has 0 aromatic carbocycles. The zero-order valence-corrected chi connectivity index (χ0v) is 6.44. The average Bonchev–Trinajstić information content (AvgIpc) is 2.17. The van der Waals surface area contributed by atoms with Crippen molar-refractivity contribution in [2.24, 2.45) is 5.73 Å². The first-order valence-corrected chi connectivity index (χ1v) is 3.51. The van der Waals surface area contributed by atoms with E-state index in [-0.39, 0.29) is 6.61 Å². The van der Waals surface area contributed by atoms with Crippen LogP contribution in [0.3, 0.4) is 0 Å². The summed E-state index contributed by atoms with van der Waals surface area (Å²) in [5.41, 5.74) is 6.35. The molecule has 4 heteroatoms. The SMILES string of the molecule is N#Cc1cccc(C(N)CO)n1. The van der Waals surface area contributed by atoms with Gasteiger partial charge >= 0.3 is 0 Å². The number of hydrogen-bond donors (Lipinski definition) is 2. The van der Waals surface area contributed by atoms with Crippen LogP contribution in [-0.2, 0) is 0 Å². The summed E-state index contributed by atoms with van der Waals surface area (Å²) < 4.78 is 0. The van der Waals surface area contributed by atoms with Crippen LogP contribution in [0, 0.1) is 11.3 Å². The summed E-state index contributed by atoms with van der Waals surface area (Å²) in [4.78, 5) is 3.92. The molecule has 4 nitrogen and oxygen atoms in total. The van der Waals surface area contributed by atoms with Gasteiger partial charge in [-0.15, -0.1) is 0 Å². The largest absolute Gasteiger partial charge is 0.394 e. The van der Waals surface area contributed by atoms with Crippen LogP contribution < -0.4 is 5.73 Å². The monoisotopic (exact) mass is 163 g/mol. The van der Waals surface area contributed by atoms with E-state index in [1.807, 2.05) is 6.07 Å². The number of rotatable bonds is 2. The van der Waals surface area contributed by atoms with Crippen molar-refractivity contribution in [3.63, 3.8) is 0 Å². The molecule has 0 aliphatic heterocycles. The zero-order chi connectivity index (χ0) is 8.97. The topological polar surface area (TPSA) is 82.9 Å². The van der Waals surface area contributed by atoms with E-state index in [9.17, 15) is 0 Å². The standard InChI is InChI=1S/C8H9N3O/c9-4-6-2-1-3-8(11-6)7(10)5-12/h1-3,7,12H,5,10H2. The Hall–Kier alpha value is -1.44. The third-order valence-electron chi connectivity index (χ3n) is 1.46. The molecule has 0 radical (unpaired) electrons. The number of nitriles is 1. The van der Waals surface area contributed by atoms with Gasteiger partial charge in [-0.1, -0.05) is 6.07 Å². The Bertz CT molecular complexity index is 305. The molecule has 1 rings (SSSR count). The van der Waals surface area contributed by atoms with Crippen LogP contribution in [0.15, 0.2) is 18.2 Å². The maximum atomic E-state index is 8.70. The minimum atomic E-state index is -0.502. The molecule has 0 saturated carbocycles. The van der Waals surface area contributed by atoms with Crippen LogP contribution in [-0.4, -0.2) is 16.7 Å². The molecule has 62 valence electrons. The van der Waals surface area contributed by atoms with Gasteiger partial charge < -0.3 is 10.8 Å². The smallest absolute Gasteiger partial charge is 0.140 e.